The lowest BCUT2D eigenvalue weighted by molar-refractivity contribution is 0.101. The van der Waals surface area contributed by atoms with Crippen LogP contribution in [0, 0.1) is 23.5 Å². The van der Waals surface area contributed by atoms with Crippen LogP contribution in [-0.4, -0.2) is 48.1 Å². The first kappa shape index (κ1) is 21.8. The fraction of sp³-hybridized carbons (Fsp3) is 0.600. The maximum atomic E-state index is 14.7. The van der Waals surface area contributed by atoms with Gasteiger partial charge in [0, 0.05) is 30.9 Å². The minimum atomic E-state index is -0.814. The summed E-state index contributed by atoms with van der Waals surface area (Å²) < 4.78 is 41.1. The molecule has 6 rings (SSSR count). The van der Waals surface area contributed by atoms with Gasteiger partial charge in [0.25, 0.3) is 11.9 Å². The summed E-state index contributed by atoms with van der Waals surface area (Å²) in [5.41, 5.74) is 0.194. The number of nitrogens with one attached hydrogen (secondary N) is 1. The van der Waals surface area contributed by atoms with Crippen molar-refractivity contribution in [2.45, 2.75) is 57.6 Å². The normalized spacial score (nSPS) is 26.2. The molecule has 182 valence electrons. The number of anilines is 2. The van der Waals surface area contributed by atoms with Crippen LogP contribution in [0.3, 0.4) is 0 Å². The van der Waals surface area contributed by atoms with Gasteiger partial charge >= 0.3 is 0 Å². The quantitative estimate of drug-likeness (QED) is 0.636. The molecule has 2 saturated carbocycles. The zero-order valence-corrected chi connectivity index (χ0v) is 19.2. The third kappa shape index (κ3) is 4.37. The molecule has 9 heteroatoms. The number of benzene rings is 1. The van der Waals surface area contributed by atoms with Crippen LogP contribution in [0.25, 0.3) is 0 Å². The number of ether oxygens (including phenoxy) is 1. The smallest absolute Gasteiger partial charge is 0.298 e. The molecule has 1 amide bonds. The van der Waals surface area contributed by atoms with Gasteiger partial charge in [-0.1, -0.05) is 0 Å². The minimum Gasteiger partial charge on any atom is -0.484 e. The fourth-order valence-corrected chi connectivity index (χ4v) is 5.67. The number of halogens is 2. The number of hydrogen-bond acceptors (Lipinski definition) is 6. The third-order valence-corrected chi connectivity index (χ3v) is 7.58. The van der Waals surface area contributed by atoms with E-state index in [0.29, 0.717) is 30.2 Å². The van der Waals surface area contributed by atoms with E-state index >= 15 is 0 Å². The summed E-state index contributed by atoms with van der Waals surface area (Å²) in [6.07, 6.45) is 7.12. The molecule has 0 spiro atoms. The molecular weight excluding hydrogens is 442 g/mol. The van der Waals surface area contributed by atoms with Crippen molar-refractivity contribution in [1.82, 2.24) is 9.88 Å². The molecular formula is C25H30F2N4O3. The van der Waals surface area contributed by atoms with Crippen molar-refractivity contribution in [2.75, 3.05) is 36.4 Å². The number of fused-ring (bicyclic) bond motifs is 1. The average Bonchev–Trinajstić information content (AvgIpc) is 3.38. The second-order valence-corrected chi connectivity index (χ2v) is 10.1. The summed E-state index contributed by atoms with van der Waals surface area (Å²) in [7, 11) is 0. The molecule has 0 radical (unpaired) electrons. The Hall–Kier alpha value is -2.68. The predicted octanol–water partition coefficient (Wildman–Crippen LogP) is 4.58. The van der Waals surface area contributed by atoms with Crippen molar-refractivity contribution >= 4 is 17.6 Å². The van der Waals surface area contributed by atoms with E-state index < -0.39 is 17.5 Å². The van der Waals surface area contributed by atoms with Gasteiger partial charge in [-0.2, -0.15) is 4.98 Å². The first-order valence-electron chi connectivity index (χ1n) is 12.5. The Balaban J connectivity index is 1.19. The third-order valence-electron chi connectivity index (χ3n) is 7.58. The van der Waals surface area contributed by atoms with Gasteiger partial charge in [0.15, 0.2) is 28.8 Å². The van der Waals surface area contributed by atoms with Crippen molar-refractivity contribution in [1.29, 1.82) is 0 Å². The number of oxazole rings is 1. The van der Waals surface area contributed by atoms with Crippen molar-refractivity contribution in [2.24, 2.45) is 11.8 Å². The minimum absolute atomic E-state index is 0.0273. The molecule has 0 bridgehead atoms. The van der Waals surface area contributed by atoms with Crippen LogP contribution in [0.5, 0.6) is 5.75 Å². The van der Waals surface area contributed by atoms with Gasteiger partial charge in [-0.15, -0.1) is 0 Å². The number of carbonyl (C=O) groups is 1. The van der Waals surface area contributed by atoms with E-state index in [1.54, 1.807) is 0 Å². The number of carbonyl (C=O) groups excluding carboxylic acids is 1. The molecule has 2 aromatic rings. The van der Waals surface area contributed by atoms with E-state index in [1.165, 1.54) is 6.42 Å². The number of aromatic nitrogens is 1. The highest BCUT2D eigenvalue weighted by Gasteiger charge is 2.47. The number of hydrogen-bond donors (Lipinski definition) is 1. The Labute approximate surface area is 197 Å². The molecule has 34 heavy (non-hydrogen) atoms. The number of likely N-dealkylation sites (tertiary alicyclic amines) is 1. The van der Waals surface area contributed by atoms with Gasteiger partial charge < -0.3 is 19.4 Å². The Morgan fingerprint density at radius 2 is 1.68 bits per heavy atom. The van der Waals surface area contributed by atoms with Gasteiger partial charge in [0.2, 0.25) is 0 Å². The van der Waals surface area contributed by atoms with Gasteiger partial charge in [-0.25, -0.2) is 8.78 Å². The summed E-state index contributed by atoms with van der Waals surface area (Å²) in [4.78, 5) is 21.9. The van der Waals surface area contributed by atoms with Crippen molar-refractivity contribution in [3.05, 3.63) is 35.2 Å². The Kier molecular flexibility index (Phi) is 5.67. The Morgan fingerprint density at radius 3 is 2.35 bits per heavy atom. The van der Waals surface area contributed by atoms with E-state index in [4.69, 9.17) is 9.15 Å². The van der Waals surface area contributed by atoms with Crippen molar-refractivity contribution in [3.8, 4) is 5.75 Å². The standard InChI is InChI=1S/C25H30F2N4O3/c26-19-12-17(13-20(27)23(19)33-18-10-15-9-16(15)11-18)28-24(32)22-21(14-30-5-1-2-6-30)34-25(29-22)31-7-3-4-8-31/h12-13,15-16,18H,1-11,14H2,(H,28,32)/t15-,16?,18?/m1/s1. The van der Waals surface area contributed by atoms with Crippen molar-refractivity contribution < 1.29 is 22.7 Å². The van der Waals surface area contributed by atoms with E-state index in [-0.39, 0.29) is 23.2 Å². The highest BCUT2D eigenvalue weighted by molar-refractivity contribution is 6.03. The molecule has 1 N–H and O–H groups in total. The lowest BCUT2D eigenvalue weighted by Gasteiger charge is -2.17. The molecule has 2 aliphatic carbocycles. The molecule has 3 heterocycles. The van der Waals surface area contributed by atoms with Gasteiger partial charge in [0.1, 0.15) is 0 Å². The summed E-state index contributed by atoms with van der Waals surface area (Å²) >= 11 is 0. The number of rotatable bonds is 7. The lowest BCUT2D eigenvalue weighted by atomic mass is 10.2. The first-order chi connectivity index (χ1) is 16.5. The SMILES string of the molecule is O=C(Nc1cc(F)c(OC2CC3C[C@@H]3C2)c(F)c1)c1nc(N2CCCC2)oc1CN1CCCC1. The van der Waals surface area contributed by atoms with E-state index in [0.717, 1.165) is 76.8 Å². The average molecular weight is 473 g/mol. The molecule has 1 aromatic heterocycles. The molecule has 4 aliphatic rings. The van der Waals surface area contributed by atoms with E-state index in [1.807, 2.05) is 4.90 Å². The monoisotopic (exact) mass is 472 g/mol. The molecule has 4 fully saturated rings. The fourth-order valence-electron chi connectivity index (χ4n) is 5.67. The summed E-state index contributed by atoms with van der Waals surface area (Å²) in [6.45, 7) is 4.06. The first-order valence-corrected chi connectivity index (χ1v) is 12.5. The molecule has 2 aliphatic heterocycles. The second-order valence-electron chi connectivity index (χ2n) is 10.1. The Bertz CT molecular complexity index is 1050. The topological polar surface area (TPSA) is 70.8 Å². The molecule has 1 aromatic carbocycles. The number of nitrogens with zero attached hydrogens (tertiary/aromatic N) is 3. The lowest BCUT2D eigenvalue weighted by Crippen LogP contribution is -2.21. The molecule has 7 nitrogen and oxygen atoms in total. The van der Waals surface area contributed by atoms with Crippen LogP contribution in [-0.2, 0) is 6.54 Å². The van der Waals surface area contributed by atoms with Gasteiger partial charge in [0.05, 0.1) is 12.6 Å². The van der Waals surface area contributed by atoms with Crippen LogP contribution in [0.1, 0.15) is 61.2 Å². The van der Waals surface area contributed by atoms with Crippen LogP contribution in [0.4, 0.5) is 20.5 Å². The zero-order valence-electron chi connectivity index (χ0n) is 19.2. The Morgan fingerprint density at radius 1 is 1.03 bits per heavy atom. The maximum absolute atomic E-state index is 14.7. The van der Waals surface area contributed by atoms with Crippen LogP contribution >= 0.6 is 0 Å². The highest BCUT2D eigenvalue weighted by atomic mass is 19.1. The van der Waals surface area contributed by atoms with Crippen LogP contribution in [0.15, 0.2) is 16.5 Å². The predicted molar refractivity (Wildman–Crippen MR) is 122 cm³/mol. The number of amides is 1. The molecule has 3 atom stereocenters. The van der Waals surface area contributed by atoms with Crippen molar-refractivity contribution in [3.63, 3.8) is 0 Å². The van der Waals surface area contributed by atoms with Crippen LogP contribution in [0.2, 0.25) is 0 Å². The van der Waals surface area contributed by atoms with E-state index in [2.05, 4.69) is 15.2 Å². The highest BCUT2D eigenvalue weighted by Crippen LogP contribution is 2.52. The van der Waals surface area contributed by atoms with Crippen LogP contribution < -0.4 is 15.0 Å². The summed E-state index contributed by atoms with van der Waals surface area (Å²) in [5, 5.41) is 2.61. The largest absolute Gasteiger partial charge is 0.484 e. The summed E-state index contributed by atoms with van der Waals surface area (Å²) in [6, 6.07) is 2.65. The van der Waals surface area contributed by atoms with Gasteiger partial charge in [-0.05, 0) is 69.9 Å². The van der Waals surface area contributed by atoms with Gasteiger partial charge in [-0.3, -0.25) is 9.69 Å². The molecule has 2 saturated heterocycles. The maximum Gasteiger partial charge on any atom is 0.298 e. The summed E-state index contributed by atoms with van der Waals surface area (Å²) in [5.74, 6) is -0.739. The zero-order chi connectivity index (χ0) is 23.2. The second kappa shape index (κ2) is 8.83. The van der Waals surface area contributed by atoms with E-state index in [9.17, 15) is 13.6 Å². The molecule has 2 unspecified atom stereocenters.